The van der Waals surface area contributed by atoms with Gasteiger partial charge in [0, 0.05) is 21.7 Å². The van der Waals surface area contributed by atoms with Crippen LogP contribution in [0.3, 0.4) is 0 Å². The second-order valence-electron chi connectivity index (χ2n) is 7.78. The van der Waals surface area contributed by atoms with Gasteiger partial charge in [0.2, 0.25) is 5.91 Å². The Morgan fingerprint density at radius 3 is 2.64 bits per heavy atom. The number of nitrogens with one attached hydrogen (secondary N) is 1. The van der Waals surface area contributed by atoms with Gasteiger partial charge >= 0.3 is 5.63 Å². The molecule has 0 atom stereocenters. The lowest BCUT2D eigenvalue weighted by Crippen LogP contribution is -2.15. The van der Waals surface area contributed by atoms with Gasteiger partial charge in [-0.25, -0.2) is 9.78 Å². The fourth-order valence-electron chi connectivity index (χ4n) is 3.69. The predicted molar refractivity (Wildman–Crippen MR) is 145 cm³/mol. The average molecular weight is 562 g/mol. The molecule has 2 heterocycles. The highest BCUT2D eigenvalue weighted by molar-refractivity contribution is 9.10. The Morgan fingerprint density at radius 2 is 1.83 bits per heavy atom. The van der Waals surface area contributed by atoms with Crippen LogP contribution in [0.25, 0.3) is 27.9 Å². The van der Waals surface area contributed by atoms with Gasteiger partial charge in [0.25, 0.3) is 0 Å². The maximum absolute atomic E-state index is 12.8. The lowest BCUT2D eigenvalue weighted by atomic mass is 10.1. The number of benzene rings is 3. The van der Waals surface area contributed by atoms with Crippen LogP contribution in [0.15, 0.2) is 104 Å². The van der Waals surface area contributed by atoms with Crippen LogP contribution in [0, 0.1) is 0 Å². The number of nitrogens with zero attached hydrogens (tertiary/aromatic N) is 2. The summed E-state index contributed by atoms with van der Waals surface area (Å²) in [5.74, 6) is 0.483. The Hall–Kier alpha value is -3.82. The normalized spacial score (nSPS) is 10.9. The van der Waals surface area contributed by atoms with Crippen molar-refractivity contribution in [3.05, 3.63) is 100.0 Å². The second-order valence-corrected chi connectivity index (χ2v) is 9.64. The molecule has 0 bridgehead atoms. The number of ether oxygens (including phenoxy) is 1. The first kappa shape index (κ1) is 23.9. The molecule has 0 aliphatic rings. The minimum atomic E-state index is -0.473. The number of halogens is 1. The van der Waals surface area contributed by atoms with Crippen LogP contribution in [-0.2, 0) is 4.79 Å². The maximum atomic E-state index is 12.8. The number of hydrogen-bond donors (Lipinski definition) is 1. The van der Waals surface area contributed by atoms with E-state index in [2.05, 4.69) is 21.2 Å². The Balaban J connectivity index is 1.47. The molecule has 3 aromatic carbocycles. The van der Waals surface area contributed by atoms with Crippen LogP contribution in [0.1, 0.15) is 0 Å². The lowest BCUT2D eigenvalue weighted by Gasteiger charge is -2.10. The molecule has 0 saturated carbocycles. The molecule has 5 rings (SSSR count). The maximum Gasteiger partial charge on any atom is 0.345 e. The van der Waals surface area contributed by atoms with Crippen LogP contribution >= 0.6 is 27.7 Å². The highest BCUT2D eigenvalue weighted by atomic mass is 79.9. The van der Waals surface area contributed by atoms with Crippen molar-refractivity contribution in [1.82, 2.24) is 9.55 Å². The molecule has 180 valence electrons. The van der Waals surface area contributed by atoms with Crippen molar-refractivity contribution >= 4 is 50.3 Å². The van der Waals surface area contributed by atoms with E-state index in [1.807, 2.05) is 59.2 Å². The molecule has 9 heteroatoms. The zero-order chi connectivity index (χ0) is 25.1. The minimum absolute atomic E-state index is 0.108. The van der Waals surface area contributed by atoms with E-state index in [-0.39, 0.29) is 11.7 Å². The number of rotatable bonds is 7. The van der Waals surface area contributed by atoms with Crippen molar-refractivity contribution in [3.63, 3.8) is 0 Å². The largest absolute Gasteiger partial charge is 0.495 e. The number of anilines is 1. The molecule has 0 spiro atoms. The molecule has 0 aliphatic heterocycles. The molecule has 2 aromatic heterocycles. The standard InChI is InChI=1S/C27H20BrN3O4S/c1-34-24-9-5-3-7-21(24)29-25(32)16-36-27-30-22(15-31(27)19-12-10-18(28)11-13-19)20-14-17-6-2-4-8-23(17)35-26(20)33/h2-15H,16H2,1H3,(H,29,32). The van der Waals surface area contributed by atoms with Crippen LogP contribution in [0.2, 0.25) is 0 Å². The van der Waals surface area contributed by atoms with Crippen molar-refractivity contribution in [2.24, 2.45) is 0 Å². The van der Waals surface area contributed by atoms with Crippen molar-refractivity contribution in [1.29, 1.82) is 0 Å². The molecule has 1 N–H and O–H groups in total. The highest BCUT2D eigenvalue weighted by Crippen LogP contribution is 2.29. The average Bonchev–Trinajstić information content (AvgIpc) is 3.32. The summed E-state index contributed by atoms with van der Waals surface area (Å²) < 4.78 is 13.6. The first-order valence-electron chi connectivity index (χ1n) is 11.0. The van der Waals surface area contributed by atoms with Crippen LogP contribution in [-0.4, -0.2) is 28.3 Å². The van der Waals surface area contributed by atoms with Gasteiger partial charge in [-0.2, -0.15) is 0 Å². The van der Waals surface area contributed by atoms with E-state index in [9.17, 15) is 9.59 Å². The third-order valence-corrected chi connectivity index (χ3v) is 6.89. The zero-order valence-electron chi connectivity index (χ0n) is 19.1. The highest BCUT2D eigenvalue weighted by Gasteiger charge is 2.17. The van der Waals surface area contributed by atoms with E-state index in [0.717, 1.165) is 15.5 Å². The molecule has 0 fully saturated rings. The van der Waals surface area contributed by atoms with E-state index < -0.39 is 5.63 Å². The summed E-state index contributed by atoms with van der Waals surface area (Å²) in [4.78, 5) is 30.2. The van der Waals surface area contributed by atoms with Crippen molar-refractivity contribution in [2.75, 3.05) is 18.2 Å². The van der Waals surface area contributed by atoms with Gasteiger partial charge in [-0.15, -0.1) is 0 Å². The number of methoxy groups -OCH3 is 1. The molecule has 36 heavy (non-hydrogen) atoms. The van der Waals surface area contributed by atoms with Gasteiger partial charge in [-0.05, 0) is 48.5 Å². The SMILES string of the molecule is COc1ccccc1NC(=O)CSc1nc(-c2cc3ccccc3oc2=O)cn1-c1ccc(Br)cc1. The van der Waals surface area contributed by atoms with Gasteiger partial charge in [0.15, 0.2) is 5.16 Å². The quantitative estimate of drug-likeness (QED) is 0.189. The van der Waals surface area contributed by atoms with Gasteiger partial charge in [0.1, 0.15) is 11.3 Å². The number of para-hydroxylation sites is 3. The summed E-state index contributed by atoms with van der Waals surface area (Å²) in [6, 6.07) is 24.0. The summed E-state index contributed by atoms with van der Waals surface area (Å²) in [6.45, 7) is 0. The number of imidazole rings is 1. The number of hydrogen-bond acceptors (Lipinski definition) is 6. The van der Waals surface area contributed by atoms with E-state index >= 15 is 0 Å². The molecule has 5 aromatic rings. The summed E-state index contributed by atoms with van der Waals surface area (Å²) >= 11 is 4.72. The number of amides is 1. The van der Waals surface area contributed by atoms with Crippen LogP contribution < -0.4 is 15.7 Å². The predicted octanol–water partition coefficient (Wildman–Crippen LogP) is 6.15. The van der Waals surface area contributed by atoms with E-state index in [1.54, 1.807) is 37.6 Å². The molecule has 1 amide bonds. The van der Waals surface area contributed by atoms with Gasteiger partial charge in [-0.1, -0.05) is 58.0 Å². The summed E-state index contributed by atoms with van der Waals surface area (Å²) in [5, 5.41) is 4.24. The fourth-order valence-corrected chi connectivity index (χ4v) is 4.74. The monoisotopic (exact) mass is 561 g/mol. The second kappa shape index (κ2) is 10.4. The third kappa shape index (κ3) is 5.07. The van der Waals surface area contributed by atoms with Crippen molar-refractivity contribution < 1.29 is 13.9 Å². The topological polar surface area (TPSA) is 86.4 Å². The third-order valence-electron chi connectivity index (χ3n) is 5.41. The zero-order valence-corrected chi connectivity index (χ0v) is 21.5. The number of carbonyl (C=O) groups is 1. The number of carbonyl (C=O) groups excluding carboxylic acids is 1. The fraction of sp³-hybridized carbons (Fsp3) is 0.0741. The van der Waals surface area contributed by atoms with Crippen molar-refractivity contribution in [2.45, 2.75) is 5.16 Å². The molecular weight excluding hydrogens is 542 g/mol. The molecule has 0 unspecified atom stereocenters. The first-order valence-corrected chi connectivity index (χ1v) is 12.7. The lowest BCUT2D eigenvalue weighted by molar-refractivity contribution is -0.113. The number of fused-ring (bicyclic) bond motifs is 1. The van der Waals surface area contributed by atoms with Gasteiger partial charge in [0.05, 0.1) is 29.8 Å². The molecule has 0 radical (unpaired) electrons. The first-order chi connectivity index (χ1) is 17.5. The smallest absolute Gasteiger partial charge is 0.345 e. The summed E-state index contributed by atoms with van der Waals surface area (Å²) in [6.07, 6.45) is 1.78. The van der Waals surface area contributed by atoms with Crippen LogP contribution in [0.4, 0.5) is 5.69 Å². The molecule has 0 saturated heterocycles. The minimum Gasteiger partial charge on any atom is -0.495 e. The van der Waals surface area contributed by atoms with Crippen molar-refractivity contribution in [3.8, 4) is 22.7 Å². The summed E-state index contributed by atoms with van der Waals surface area (Å²) in [7, 11) is 1.56. The van der Waals surface area contributed by atoms with E-state index in [1.165, 1.54) is 11.8 Å². The van der Waals surface area contributed by atoms with Crippen LogP contribution in [0.5, 0.6) is 5.75 Å². The summed E-state index contributed by atoms with van der Waals surface area (Å²) in [5.41, 5.74) is 2.29. The molecular formula is C27H20BrN3O4S. The number of aromatic nitrogens is 2. The molecule has 7 nitrogen and oxygen atoms in total. The van der Waals surface area contributed by atoms with Gasteiger partial charge < -0.3 is 14.5 Å². The Kier molecular flexibility index (Phi) is 6.92. The Morgan fingerprint density at radius 1 is 1.08 bits per heavy atom. The van der Waals surface area contributed by atoms with Gasteiger partial charge in [-0.3, -0.25) is 9.36 Å². The van der Waals surface area contributed by atoms with E-state index in [0.29, 0.717) is 33.4 Å². The number of thioether (sulfide) groups is 1. The Labute approximate surface area is 219 Å². The molecule has 0 aliphatic carbocycles. The Bertz CT molecular complexity index is 1610. The van der Waals surface area contributed by atoms with E-state index in [4.69, 9.17) is 14.1 Å².